The van der Waals surface area contributed by atoms with Gasteiger partial charge in [0.1, 0.15) is 11.6 Å². The minimum atomic E-state index is -0.252. The Morgan fingerprint density at radius 3 is 2.72 bits per heavy atom. The Kier molecular flexibility index (Phi) is 4.39. The summed E-state index contributed by atoms with van der Waals surface area (Å²) in [6, 6.07) is 14.5. The van der Waals surface area contributed by atoms with Crippen LogP contribution in [-0.2, 0) is 0 Å². The number of ether oxygens (including phenoxy) is 1. The van der Waals surface area contributed by atoms with E-state index >= 15 is 0 Å². The van der Waals surface area contributed by atoms with Gasteiger partial charge in [-0.25, -0.2) is 4.39 Å². The van der Waals surface area contributed by atoms with Crippen molar-refractivity contribution in [1.82, 2.24) is 15.3 Å². The van der Waals surface area contributed by atoms with Crippen LogP contribution < -0.4 is 10.1 Å². The maximum Gasteiger partial charge on any atom is 0.124 e. The Balaban J connectivity index is 1.69. The molecular weight excluding hydrogens is 317 g/mol. The van der Waals surface area contributed by atoms with Crippen LogP contribution in [0.2, 0.25) is 0 Å². The number of nitrogens with one attached hydrogen (secondary N) is 1. The first-order valence-electron chi connectivity index (χ1n) is 8.30. The van der Waals surface area contributed by atoms with Crippen LogP contribution in [0.3, 0.4) is 0 Å². The lowest BCUT2D eigenvalue weighted by Gasteiger charge is -2.30. The number of halogens is 1. The summed E-state index contributed by atoms with van der Waals surface area (Å²) < 4.78 is 19.1. The molecule has 0 amide bonds. The summed E-state index contributed by atoms with van der Waals surface area (Å²) in [5.41, 5.74) is 2.88. The highest BCUT2D eigenvalue weighted by Gasteiger charge is 2.26. The first-order chi connectivity index (χ1) is 12.3. The third kappa shape index (κ3) is 3.37. The summed E-state index contributed by atoms with van der Waals surface area (Å²) >= 11 is 0. The highest BCUT2D eigenvalue weighted by Crippen LogP contribution is 2.34. The van der Waals surface area contributed by atoms with Gasteiger partial charge >= 0.3 is 0 Å². The molecule has 2 aromatic carbocycles. The fraction of sp³-hybridized carbons (Fsp3) is 0.200. The summed E-state index contributed by atoms with van der Waals surface area (Å²) in [4.78, 5) is 8.63. The predicted octanol–water partition coefficient (Wildman–Crippen LogP) is 3.82. The Bertz CT molecular complexity index is 839. The number of benzene rings is 2. The lowest BCUT2D eigenvalue weighted by molar-refractivity contribution is 0.247. The zero-order valence-corrected chi connectivity index (χ0v) is 13.6. The zero-order chi connectivity index (χ0) is 17.1. The number of fused-ring (bicyclic) bond motifs is 1. The van der Waals surface area contributed by atoms with E-state index in [0.717, 1.165) is 29.0 Å². The van der Waals surface area contributed by atoms with Crippen LogP contribution in [-0.4, -0.2) is 16.6 Å². The van der Waals surface area contributed by atoms with Crippen LogP contribution in [0.5, 0.6) is 5.75 Å². The monoisotopic (exact) mass is 335 g/mol. The van der Waals surface area contributed by atoms with Crippen LogP contribution in [0.15, 0.2) is 67.1 Å². The van der Waals surface area contributed by atoms with E-state index in [0.29, 0.717) is 6.61 Å². The molecule has 2 atom stereocenters. The molecule has 1 aliphatic heterocycles. The highest BCUT2D eigenvalue weighted by molar-refractivity contribution is 5.38. The fourth-order valence-corrected chi connectivity index (χ4v) is 3.18. The van der Waals surface area contributed by atoms with E-state index in [-0.39, 0.29) is 17.9 Å². The normalized spacial score (nSPS) is 17.4. The fourth-order valence-electron chi connectivity index (χ4n) is 3.18. The second kappa shape index (κ2) is 6.99. The van der Waals surface area contributed by atoms with E-state index in [4.69, 9.17) is 4.74 Å². The van der Waals surface area contributed by atoms with Crippen molar-refractivity contribution in [3.8, 4) is 5.75 Å². The Morgan fingerprint density at radius 2 is 1.92 bits per heavy atom. The van der Waals surface area contributed by atoms with Crippen LogP contribution in [0.1, 0.15) is 35.3 Å². The molecule has 0 spiro atoms. The van der Waals surface area contributed by atoms with E-state index in [1.807, 2.05) is 18.2 Å². The first-order valence-corrected chi connectivity index (χ1v) is 8.30. The van der Waals surface area contributed by atoms with Crippen molar-refractivity contribution in [2.45, 2.75) is 18.5 Å². The molecule has 4 nitrogen and oxygen atoms in total. The SMILES string of the molecule is Fc1ccc([C@H](N[C@H]2CCOc3ccccc32)c2cnccn2)cc1. The van der Waals surface area contributed by atoms with Crippen LogP contribution in [0.4, 0.5) is 4.39 Å². The van der Waals surface area contributed by atoms with Gasteiger partial charge in [0.2, 0.25) is 0 Å². The molecule has 1 aliphatic rings. The zero-order valence-electron chi connectivity index (χ0n) is 13.6. The molecule has 0 bridgehead atoms. The van der Waals surface area contributed by atoms with Gasteiger partial charge in [-0.1, -0.05) is 30.3 Å². The second-order valence-corrected chi connectivity index (χ2v) is 6.01. The summed E-state index contributed by atoms with van der Waals surface area (Å²) in [7, 11) is 0. The van der Waals surface area contributed by atoms with Crippen LogP contribution >= 0.6 is 0 Å². The molecule has 1 aromatic heterocycles. The van der Waals surface area contributed by atoms with E-state index in [2.05, 4.69) is 21.4 Å². The molecule has 1 N–H and O–H groups in total. The summed E-state index contributed by atoms with van der Waals surface area (Å²) in [6.07, 6.45) is 5.92. The van der Waals surface area contributed by atoms with Gasteiger partial charge in [-0.3, -0.25) is 15.3 Å². The third-order valence-corrected chi connectivity index (χ3v) is 4.41. The topological polar surface area (TPSA) is 47.0 Å². The number of aromatic nitrogens is 2. The molecule has 25 heavy (non-hydrogen) atoms. The first kappa shape index (κ1) is 15.7. The number of hydrogen-bond acceptors (Lipinski definition) is 4. The van der Waals surface area contributed by atoms with Gasteiger partial charge < -0.3 is 4.74 Å². The van der Waals surface area contributed by atoms with Gasteiger partial charge in [-0.2, -0.15) is 0 Å². The maximum absolute atomic E-state index is 13.3. The summed E-state index contributed by atoms with van der Waals surface area (Å²) in [6.45, 7) is 0.658. The largest absolute Gasteiger partial charge is 0.493 e. The molecule has 3 aromatic rings. The number of nitrogens with zero attached hydrogens (tertiary/aromatic N) is 2. The van der Waals surface area contributed by atoms with E-state index < -0.39 is 0 Å². The summed E-state index contributed by atoms with van der Waals surface area (Å²) in [5.74, 6) is 0.654. The second-order valence-electron chi connectivity index (χ2n) is 6.01. The number of para-hydroxylation sites is 1. The van der Waals surface area contributed by atoms with Crippen LogP contribution in [0, 0.1) is 5.82 Å². The summed E-state index contributed by atoms with van der Waals surface area (Å²) in [5, 5.41) is 3.66. The van der Waals surface area contributed by atoms with E-state index in [9.17, 15) is 4.39 Å². The van der Waals surface area contributed by atoms with Crippen LogP contribution in [0.25, 0.3) is 0 Å². The Labute approximate surface area is 145 Å². The van der Waals surface area contributed by atoms with Gasteiger partial charge in [0.25, 0.3) is 0 Å². The quantitative estimate of drug-likeness (QED) is 0.787. The molecule has 0 unspecified atom stereocenters. The molecule has 0 saturated carbocycles. The molecular formula is C20H18FN3O. The van der Waals surface area contributed by atoms with Gasteiger partial charge in [-0.05, 0) is 23.8 Å². The smallest absolute Gasteiger partial charge is 0.124 e. The lowest BCUT2D eigenvalue weighted by atomic mass is 9.96. The third-order valence-electron chi connectivity index (χ3n) is 4.41. The lowest BCUT2D eigenvalue weighted by Crippen LogP contribution is -2.31. The van der Waals surface area contributed by atoms with E-state index in [1.54, 1.807) is 30.7 Å². The number of rotatable bonds is 4. The van der Waals surface area contributed by atoms with Gasteiger partial charge in [0.15, 0.2) is 0 Å². The average molecular weight is 335 g/mol. The van der Waals surface area contributed by atoms with Crippen molar-refractivity contribution in [3.63, 3.8) is 0 Å². The molecule has 0 saturated heterocycles. The molecule has 0 fully saturated rings. The Hall–Kier alpha value is -2.79. The molecule has 2 heterocycles. The van der Waals surface area contributed by atoms with Gasteiger partial charge in [0, 0.05) is 30.4 Å². The maximum atomic E-state index is 13.3. The van der Waals surface area contributed by atoms with Gasteiger partial charge in [0.05, 0.1) is 24.5 Å². The molecule has 0 radical (unpaired) electrons. The molecule has 0 aliphatic carbocycles. The van der Waals surface area contributed by atoms with Crippen molar-refractivity contribution in [3.05, 3.63) is 89.8 Å². The molecule has 4 rings (SSSR count). The van der Waals surface area contributed by atoms with Crippen molar-refractivity contribution in [2.24, 2.45) is 0 Å². The average Bonchev–Trinajstić information content (AvgIpc) is 2.68. The number of hydrogen-bond donors (Lipinski definition) is 1. The van der Waals surface area contributed by atoms with Crippen molar-refractivity contribution in [1.29, 1.82) is 0 Å². The Morgan fingerprint density at radius 1 is 1.08 bits per heavy atom. The van der Waals surface area contributed by atoms with Crippen molar-refractivity contribution in [2.75, 3.05) is 6.61 Å². The molecule has 5 heteroatoms. The van der Waals surface area contributed by atoms with Crippen molar-refractivity contribution < 1.29 is 9.13 Å². The van der Waals surface area contributed by atoms with Crippen molar-refractivity contribution >= 4 is 0 Å². The molecule has 126 valence electrons. The highest BCUT2D eigenvalue weighted by atomic mass is 19.1. The minimum Gasteiger partial charge on any atom is -0.493 e. The van der Waals surface area contributed by atoms with E-state index in [1.165, 1.54) is 12.1 Å². The minimum absolute atomic E-state index is 0.127. The van der Waals surface area contributed by atoms with Gasteiger partial charge in [-0.15, -0.1) is 0 Å². The standard InChI is InChI=1S/C20H18FN3O/c21-15-7-5-14(6-8-15)20(18-13-22-10-11-23-18)24-17-9-12-25-19-4-2-1-3-16(17)19/h1-8,10-11,13,17,20,24H,9,12H2/t17-,20-/m0/s1. The predicted molar refractivity (Wildman–Crippen MR) is 92.7 cm³/mol.